The van der Waals surface area contributed by atoms with E-state index in [-0.39, 0.29) is 30.0 Å². The third-order valence-electron chi connectivity index (χ3n) is 3.98. The maximum atomic E-state index is 12.6. The van der Waals surface area contributed by atoms with E-state index in [1.165, 1.54) is 12.1 Å². The molecule has 23 heavy (non-hydrogen) atoms. The number of anilines is 1. The van der Waals surface area contributed by atoms with Gasteiger partial charge in [0.05, 0.1) is 18.7 Å². The van der Waals surface area contributed by atoms with Crippen molar-refractivity contribution in [2.45, 2.75) is 19.0 Å². The van der Waals surface area contributed by atoms with Crippen LogP contribution >= 0.6 is 0 Å². The molecule has 126 valence electrons. The lowest BCUT2D eigenvalue weighted by molar-refractivity contribution is -0.897. The topological polar surface area (TPSA) is 76.6 Å². The summed E-state index contributed by atoms with van der Waals surface area (Å²) in [4.78, 5) is 24.0. The Morgan fingerprint density at radius 3 is 2.48 bits per heavy atom. The molecule has 8 heteroatoms. The number of likely N-dealkylation sites (tertiary alicyclic amines) is 1. The second kappa shape index (κ2) is 6.99. The minimum absolute atomic E-state index is 0.122. The molecule has 1 aromatic carbocycles. The highest BCUT2D eigenvalue weighted by molar-refractivity contribution is 5.91. The molecule has 0 unspecified atom stereocenters. The van der Waals surface area contributed by atoms with Crippen molar-refractivity contribution in [3.63, 3.8) is 0 Å². The highest BCUT2D eigenvalue weighted by Crippen LogP contribution is 2.30. The van der Waals surface area contributed by atoms with Crippen LogP contribution < -0.4 is 16.0 Å². The first-order valence-corrected chi connectivity index (χ1v) is 7.35. The van der Waals surface area contributed by atoms with E-state index in [4.69, 9.17) is 5.73 Å². The molecule has 2 rings (SSSR count). The van der Waals surface area contributed by atoms with Crippen LogP contribution in [0.2, 0.25) is 0 Å². The monoisotopic (exact) mass is 330 g/mol. The number of hydrogen-bond acceptors (Lipinski definition) is 2. The molecular formula is C15H19F3N3O2+. The summed E-state index contributed by atoms with van der Waals surface area (Å²) < 4.78 is 37.9. The van der Waals surface area contributed by atoms with Gasteiger partial charge in [0.1, 0.15) is 0 Å². The van der Waals surface area contributed by atoms with Gasteiger partial charge >= 0.3 is 6.18 Å². The molecular weight excluding hydrogens is 311 g/mol. The summed E-state index contributed by atoms with van der Waals surface area (Å²) in [7, 11) is 0. The van der Waals surface area contributed by atoms with Crippen molar-refractivity contribution in [3.8, 4) is 0 Å². The Bertz CT molecular complexity index is 582. The summed E-state index contributed by atoms with van der Waals surface area (Å²) >= 11 is 0. The maximum Gasteiger partial charge on any atom is 0.416 e. The number of halogens is 3. The normalized spacial score (nSPS) is 21.7. The molecule has 1 aliphatic rings. The van der Waals surface area contributed by atoms with Crippen molar-refractivity contribution in [1.82, 2.24) is 0 Å². The number of nitrogens with two attached hydrogens (primary N) is 1. The first-order chi connectivity index (χ1) is 10.8. The predicted molar refractivity (Wildman–Crippen MR) is 77.6 cm³/mol. The van der Waals surface area contributed by atoms with Crippen molar-refractivity contribution < 1.29 is 27.7 Å². The molecule has 1 heterocycles. The molecule has 0 radical (unpaired) electrons. The molecule has 0 aliphatic carbocycles. The molecule has 0 spiro atoms. The molecule has 4 N–H and O–H groups in total. The van der Waals surface area contributed by atoms with Crippen LogP contribution in [0.25, 0.3) is 0 Å². The Morgan fingerprint density at radius 2 is 1.91 bits per heavy atom. The second-order valence-electron chi connectivity index (χ2n) is 5.73. The quantitative estimate of drug-likeness (QED) is 0.748. The minimum Gasteiger partial charge on any atom is -0.369 e. The van der Waals surface area contributed by atoms with Gasteiger partial charge < -0.3 is 16.0 Å². The lowest BCUT2D eigenvalue weighted by atomic mass is 9.96. The summed E-state index contributed by atoms with van der Waals surface area (Å²) in [6, 6.07) is 4.54. The average molecular weight is 330 g/mol. The average Bonchev–Trinajstić information content (AvgIpc) is 2.47. The zero-order chi connectivity index (χ0) is 17.0. The summed E-state index contributed by atoms with van der Waals surface area (Å²) in [6.45, 7) is 1.44. The number of benzene rings is 1. The second-order valence-corrected chi connectivity index (χ2v) is 5.73. The van der Waals surface area contributed by atoms with E-state index in [0.717, 1.165) is 17.0 Å². The van der Waals surface area contributed by atoms with Crippen molar-refractivity contribution >= 4 is 17.5 Å². The molecule has 0 bridgehead atoms. The number of carbonyl (C=O) groups excluding carboxylic acids is 2. The molecule has 1 aromatic rings. The summed E-state index contributed by atoms with van der Waals surface area (Å²) in [6.07, 6.45) is -3.19. The fourth-order valence-electron chi connectivity index (χ4n) is 2.69. The highest BCUT2D eigenvalue weighted by atomic mass is 19.4. The fourth-order valence-corrected chi connectivity index (χ4v) is 2.69. The number of amides is 2. The van der Waals surface area contributed by atoms with Gasteiger partial charge in [-0.25, -0.2) is 0 Å². The van der Waals surface area contributed by atoms with Crippen molar-refractivity contribution in [2.75, 3.05) is 25.0 Å². The first kappa shape index (κ1) is 17.3. The number of nitrogens with one attached hydrogen (secondary N) is 2. The van der Waals surface area contributed by atoms with Gasteiger partial charge in [-0.2, -0.15) is 13.2 Å². The SMILES string of the molecule is NC(=O)C1CC[NH+](CC(=O)Nc2cccc(C(F)(F)F)c2)CC1. The molecule has 5 nitrogen and oxygen atoms in total. The van der Waals surface area contributed by atoms with Gasteiger partial charge in [0.15, 0.2) is 6.54 Å². The number of carbonyl (C=O) groups is 2. The van der Waals surface area contributed by atoms with E-state index in [0.29, 0.717) is 25.9 Å². The van der Waals surface area contributed by atoms with Crippen LogP contribution in [0, 0.1) is 5.92 Å². The zero-order valence-electron chi connectivity index (χ0n) is 12.5. The van der Waals surface area contributed by atoms with Crippen LogP contribution in [0.5, 0.6) is 0 Å². The van der Waals surface area contributed by atoms with Crippen LogP contribution in [0.4, 0.5) is 18.9 Å². The third kappa shape index (κ3) is 4.95. The standard InChI is InChI=1S/C15H18F3N3O2/c16-15(17,18)11-2-1-3-12(8-11)20-13(22)9-21-6-4-10(5-7-21)14(19)23/h1-3,8,10H,4-7,9H2,(H2,19,23)(H,20,22)/p+1. The minimum atomic E-state index is -4.44. The lowest BCUT2D eigenvalue weighted by Crippen LogP contribution is -3.14. The Balaban J connectivity index is 1.87. The van der Waals surface area contributed by atoms with Crippen LogP contribution in [0.1, 0.15) is 18.4 Å². The summed E-state index contributed by atoms with van der Waals surface area (Å²) in [5.41, 5.74) is 4.57. The molecule has 2 amide bonds. The van der Waals surface area contributed by atoms with E-state index < -0.39 is 11.7 Å². The predicted octanol–water partition coefficient (Wildman–Crippen LogP) is 0.424. The van der Waals surface area contributed by atoms with Gasteiger partial charge in [-0.15, -0.1) is 0 Å². The van der Waals surface area contributed by atoms with E-state index >= 15 is 0 Å². The van der Waals surface area contributed by atoms with E-state index in [1.54, 1.807) is 0 Å². The van der Waals surface area contributed by atoms with Crippen LogP contribution in [-0.4, -0.2) is 31.4 Å². The van der Waals surface area contributed by atoms with Gasteiger partial charge in [0.2, 0.25) is 5.91 Å². The summed E-state index contributed by atoms with van der Waals surface area (Å²) in [5.74, 6) is -0.820. The number of primary amides is 1. The van der Waals surface area contributed by atoms with E-state index in [1.807, 2.05) is 0 Å². The number of rotatable bonds is 4. The van der Waals surface area contributed by atoms with Gasteiger partial charge in [0.25, 0.3) is 5.91 Å². The fraction of sp³-hybridized carbons (Fsp3) is 0.467. The van der Waals surface area contributed by atoms with Gasteiger partial charge in [-0.05, 0) is 18.2 Å². The number of piperidine rings is 1. The maximum absolute atomic E-state index is 12.6. The van der Waals surface area contributed by atoms with E-state index in [9.17, 15) is 22.8 Å². The lowest BCUT2D eigenvalue weighted by Gasteiger charge is -2.27. The zero-order valence-corrected chi connectivity index (χ0v) is 12.5. The van der Waals surface area contributed by atoms with Crippen molar-refractivity contribution in [1.29, 1.82) is 0 Å². The van der Waals surface area contributed by atoms with Crippen LogP contribution in [-0.2, 0) is 15.8 Å². The largest absolute Gasteiger partial charge is 0.416 e. The molecule has 0 saturated carbocycles. The Kier molecular flexibility index (Phi) is 5.25. The van der Waals surface area contributed by atoms with Crippen molar-refractivity contribution in [2.24, 2.45) is 11.7 Å². The summed E-state index contributed by atoms with van der Waals surface area (Å²) in [5, 5.41) is 2.48. The molecule has 1 saturated heterocycles. The van der Waals surface area contributed by atoms with Crippen molar-refractivity contribution in [3.05, 3.63) is 29.8 Å². The molecule has 0 atom stereocenters. The third-order valence-corrected chi connectivity index (χ3v) is 3.98. The van der Waals surface area contributed by atoms with Gasteiger partial charge in [0, 0.05) is 24.4 Å². The Morgan fingerprint density at radius 1 is 1.26 bits per heavy atom. The number of hydrogen-bond donors (Lipinski definition) is 3. The number of alkyl halides is 3. The molecule has 1 fully saturated rings. The Labute approximate surface area is 131 Å². The first-order valence-electron chi connectivity index (χ1n) is 7.35. The smallest absolute Gasteiger partial charge is 0.369 e. The van der Waals surface area contributed by atoms with Crippen LogP contribution in [0.15, 0.2) is 24.3 Å². The number of quaternary nitrogens is 1. The van der Waals surface area contributed by atoms with Gasteiger partial charge in [-0.3, -0.25) is 9.59 Å². The van der Waals surface area contributed by atoms with Gasteiger partial charge in [-0.1, -0.05) is 6.07 Å². The molecule has 0 aromatic heterocycles. The molecule has 1 aliphatic heterocycles. The Hall–Kier alpha value is -2.09. The van der Waals surface area contributed by atoms with Crippen LogP contribution in [0.3, 0.4) is 0 Å². The van der Waals surface area contributed by atoms with E-state index in [2.05, 4.69) is 5.32 Å². The highest BCUT2D eigenvalue weighted by Gasteiger charge is 2.31.